The zero-order valence-corrected chi connectivity index (χ0v) is 23.4. The predicted octanol–water partition coefficient (Wildman–Crippen LogP) is 12.0. The third-order valence-electron chi connectivity index (χ3n) is 8.88. The lowest BCUT2D eigenvalue weighted by Crippen LogP contribution is -1.91. The first-order valence-electron chi connectivity index (χ1n) is 14.8. The summed E-state index contributed by atoms with van der Waals surface area (Å²) < 4.78 is 6.45. The summed E-state index contributed by atoms with van der Waals surface area (Å²) in [6.07, 6.45) is 0. The second-order valence-corrected chi connectivity index (χ2v) is 11.2. The van der Waals surface area contributed by atoms with Gasteiger partial charge in [-0.2, -0.15) is 0 Å². The van der Waals surface area contributed by atoms with Crippen molar-refractivity contribution in [2.45, 2.75) is 0 Å². The number of furan rings is 1. The van der Waals surface area contributed by atoms with E-state index in [2.05, 4.69) is 152 Å². The molecule has 9 aromatic rings. The summed E-state index contributed by atoms with van der Waals surface area (Å²) in [5.41, 5.74) is 9.30. The van der Waals surface area contributed by atoms with Gasteiger partial charge in [-0.3, -0.25) is 0 Å². The van der Waals surface area contributed by atoms with E-state index in [9.17, 15) is 0 Å². The summed E-state index contributed by atoms with van der Waals surface area (Å²) in [6.45, 7) is 0. The van der Waals surface area contributed by atoms with Gasteiger partial charge in [0.25, 0.3) is 0 Å². The molecule has 0 N–H and O–H groups in total. The van der Waals surface area contributed by atoms with Crippen LogP contribution in [-0.2, 0) is 0 Å². The maximum atomic E-state index is 6.45. The Hall–Kier alpha value is -5.66. The molecule has 0 amide bonds. The van der Waals surface area contributed by atoms with Crippen LogP contribution in [0.15, 0.2) is 162 Å². The first kappa shape index (κ1) is 24.0. The van der Waals surface area contributed by atoms with Crippen molar-refractivity contribution < 1.29 is 4.42 Å². The van der Waals surface area contributed by atoms with Crippen molar-refractivity contribution in [1.82, 2.24) is 0 Å². The zero-order chi connectivity index (χ0) is 28.3. The molecule has 0 aliphatic heterocycles. The number of rotatable bonds is 3. The number of benzene rings is 8. The average Bonchev–Trinajstić information content (AvgIpc) is 3.47. The van der Waals surface area contributed by atoms with Crippen LogP contribution in [-0.4, -0.2) is 0 Å². The van der Waals surface area contributed by atoms with E-state index in [0.29, 0.717) is 0 Å². The van der Waals surface area contributed by atoms with Crippen LogP contribution in [0, 0.1) is 0 Å². The molecule has 0 unspecified atom stereocenters. The van der Waals surface area contributed by atoms with Crippen molar-refractivity contribution in [2.24, 2.45) is 0 Å². The molecule has 0 bridgehead atoms. The van der Waals surface area contributed by atoms with Gasteiger partial charge in [-0.25, -0.2) is 0 Å². The van der Waals surface area contributed by atoms with Gasteiger partial charge >= 0.3 is 0 Å². The highest BCUT2D eigenvalue weighted by Gasteiger charge is 2.19. The minimum atomic E-state index is 0.925. The first-order chi connectivity index (χ1) is 21.3. The Labute approximate surface area is 249 Å². The Morgan fingerprint density at radius 1 is 0.279 bits per heavy atom. The molecule has 0 atom stereocenters. The highest BCUT2D eigenvalue weighted by atomic mass is 16.3. The largest absolute Gasteiger partial charge is 0.455 e. The molecule has 0 spiro atoms. The fraction of sp³-hybridized carbons (Fsp3) is 0. The molecule has 1 nitrogen and oxygen atoms in total. The van der Waals surface area contributed by atoms with Crippen LogP contribution in [0.2, 0.25) is 0 Å². The van der Waals surface area contributed by atoms with E-state index in [1.807, 2.05) is 6.07 Å². The van der Waals surface area contributed by atoms with Gasteiger partial charge in [0.1, 0.15) is 11.2 Å². The van der Waals surface area contributed by atoms with E-state index < -0.39 is 0 Å². The van der Waals surface area contributed by atoms with Crippen molar-refractivity contribution in [3.05, 3.63) is 158 Å². The van der Waals surface area contributed by atoms with Crippen LogP contribution >= 0.6 is 0 Å². The molecule has 43 heavy (non-hydrogen) atoms. The molecule has 1 aromatic heterocycles. The highest BCUT2D eigenvalue weighted by Crippen LogP contribution is 2.46. The summed E-state index contributed by atoms with van der Waals surface area (Å²) in [7, 11) is 0. The number of hydrogen-bond acceptors (Lipinski definition) is 1. The molecule has 0 aliphatic carbocycles. The van der Waals surface area contributed by atoms with Crippen LogP contribution in [0.1, 0.15) is 0 Å². The van der Waals surface area contributed by atoms with Crippen LogP contribution in [0.25, 0.3) is 87.6 Å². The van der Waals surface area contributed by atoms with Gasteiger partial charge in [0.2, 0.25) is 0 Å². The molecule has 9 rings (SSSR count). The van der Waals surface area contributed by atoms with E-state index in [1.165, 1.54) is 60.3 Å². The lowest BCUT2D eigenvalue weighted by molar-refractivity contribution is 0.672. The van der Waals surface area contributed by atoms with E-state index in [-0.39, 0.29) is 0 Å². The molecular formula is C42H26O. The van der Waals surface area contributed by atoms with Crippen LogP contribution in [0.4, 0.5) is 0 Å². The van der Waals surface area contributed by atoms with Gasteiger partial charge in [-0.05, 0) is 72.4 Å². The summed E-state index contributed by atoms with van der Waals surface area (Å²) in [5.74, 6) is 0. The Morgan fingerprint density at radius 2 is 0.767 bits per heavy atom. The maximum absolute atomic E-state index is 6.45. The quantitative estimate of drug-likeness (QED) is 0.201. The molecule has 0 fully saturated rings. The minimum Gasteiger partial charge on any atom is -0.455 e. The summed E-state index contributed by atoms with van der Waals surface area (Å²) in [5, 5.41) is 9.66. The van der Waals surface area contributed by atoms with Gasteiger partial charge in [0.15, 0.2) is 0 Å². The van der Waals surface area contributed by atoms with E-state index in [1.54, 1.807) is 0 Å². The van der Waals surface area contributed by atoms with E-state index in [0.717, 1.165) is 27.3 Å². The lowest BCUT2D eigenvalue weighted by atomic mass is 9.84. The lowest BCUT2D eigenvalue weighted by Gasteiger charge is -2.19. The number of fused-ring (bicyclic) bond motifs is 7. The molecule has 0 saturated heterocycles. The van der Waals surface area contributed by atoms with Gasteiger partial charge in [0.05, 0.1) is 0 Å². The van der Waals surface area contributed by atoms with Crippen LogP contribution in [0.5, 0.6) is 0 Å². The SMILES string of the molecule is c1ccc(-c2ccc(-c3c4ccccc4c(-c4cccc5c4ccc4c6ccccc6oc54)c4ccccc34)cc2)cc1. The first-order valence-corrected chi connectivity index (χ1v) is 14.8. The highest BCUT2D eigenvalue weighted by molar-refractivity contribution is 6.25. The fourth-order valence-electron chi connectivity index (χ4n) is 6.95. The Kier molecular flexibility index (Phi) is 5.27. The smallest absolute Gasteiger partial charge is 0.143 e. The van der Waals surface area contributed by atoms with E-state index in [4.69, 9.17) is 4.42 Å². The molecule has 0 radical (unpaired) electrons. The van der Waals surface area contributed by atoms with Crippen LogP contribution in [0.3, 0.4) is 0 Å². The molecule has 0 saturated carbocycles. The van der Waals surface area contributed by atoms with Gasteiger partial charge < -0.3 is 4.42 Å². The molecule has 1 heterocycles. The Balaban J connectivity index is 1.33. The summed E-state index contributed by atoms with van der Waals surface area (Å²) in [6, 6.07) is 56.8. The Morgan fingerprint density at radius 3 is 1.47 bits per heavy atom. The molecule has 1 heteroatoms. The standard InChI is InChI=1S/C42H26O/c1-2-11-27(12-3-1)28-21-23-29(24-22-28)40-33-14-4-6-16-35(33)41(36-17-7-5-15-34(36)40)32-18-10-19-37-30(32)25-26-38-31-13-8-9-20-39(31)43-42(37)38/h1-26H. The minimum absolute atomic E-state index is 0.925. The van der Waals surface area contributed by atoms with Crippen molar-refractivity contribution in [3.8, 4) is 33.4 Å². The van der Waals surface area contributed by atoms with Gasteiger partial charge in [-0.15, -0.1) is 0 Å². The zero-order valence-electron chi connectivity index (χ0n) is 23.4. The predicted molar refractivity (Wildman–Crippen MR) is 183 cm³/mol. The van der Waals surface area contributed by atoms with Crippen molar-refractivity contribution in [2.75, 3.05) is 0 Å². The van der Waals surface area contributed by atoms with Crippen molar-refractivity contribution >= 4 is 54.3 Å². The fourth-order valence-corrected chi connectivity index (χ4v) is 6.95. The molecule has 8 aromatic carbocycles. The third-order valence-corrected chi connectivity index (χ3v) is 8.88. The summed E-state index contributed by atoms with van der Waals surface area (Å²) in [4.78, 5) is 0. The maximum Gasteiger partial charge on any atom is 0.143 e. The number of hydrogen-bond donors (Lipinski definition) is 0. The van der Waals surface area contributed by atoms with Gasteiger partial charge in [-0.1, -0.05) is 146 Å². The molecular weight excluding hydrogens is 520 g/mol. The normalized spacial score (nSPS) is 11.7. The second-order valence-electron chi connectivity index (χ2n) is 11.2. The summed E-state index contributed by atoms with van der Waals surface area (Å²) >= 11 is 0. The average molecular weight is 547 g/mol. The number of para-hydroxylation sites is 1. The second kappa shape index (κ2) is 9.44. The monoisotopic (exact) mass is 546 g/mol. The molecule has 0 aliphatic rings. The van der Waals surface area contributed by atoms with Crippen LogP contribution < -0.4 is 0 Å². The Bertz CT molecular complexity index is 2420. The van der Waals surface area contributed by atoms with Crippen molar-refractivity contribution in [3.63, 3.8) is 0 Å². The molecule has 200 valence electrons. The van der Waals surface area contributed by atoms with E-state index >= 15 is 0 Å². The van der Waals surface area contributed by atoms with Crippen molar-refractivity contribution in [1.29, 1.82) is 0 Å². The van der Waals surface area contributed by atoms with Gasteiger partial charge in [0, 0.05) is 16.2 Å². The third kappa shape index (κ3) is 3.65. The topological polar surface area (TPSA) is 13.1 Å².